The minimum Gasteiger partial charge on any atom is -0.478 e. The summed E-state index contributed by atoms with van der Waals surface area (Å²) in [5, 5.41) is 35.9. The fourth-order valence-corrected chi connectivity index (χ4v) is 12.4. The number of rotatable bonds is 17. The summed E-state index contributed by atoms with van der Waals surface area (Å²) in [6.07, 6.45) is 0.204. The number of nitro benzene ring substituents is 1. The minimum atomic E-state index is -4.60. The zero-order valence-corrected chi connectivity index (χ0v) is 60.3. The van der Waals surface area contributed by atoms with E-state index in [4.69, 9.17) is 37.5 Å². The molecular weight excluding hydrogens is 1650 g/mol. The number of carbonyl (C=O) groups is 5. The van der Waals surface area contributed by atoms with Crippen molar-refractivity contribution in [3.63, 3.8) is 0 Å². The molecule has 600 valence electrons. The van der Waals surface area contributed by atoms with E-state index in [1.54, 1.807) is 9.44 Å². The molecule has 0 unspecified atom stereocenters. The maximum absolute atomic E-state index is 14.1. The molecule has 0 saturated heterocycles. The number of carbonyl (C=O) groups excluding carboxylic acids is 3. The van der Waals surface area contributed by atoms with E-state index in [0.717, 1.165) is 86.0 Å². The van der Waals surface area contributed by atoms with Crippen molar-refractivity contribution in [3.8, 4) is 0 Å². The van der Waals surface area contributed by atoms with E-state index in [2.05, 4.69) is 9.47 Å². The maximum Gasteiger partial charge on any atom is 0.340 e. The third kappa shape index (κ3) is 25.9. The zero-order chi connectivity index (χ0) is 85.4. The van der Waals surface area contributed by atoms with E-state index >= 15 is 0 Å². The van der Waals surface area contributed by atoms with Crippen molar-refractivity contribution in [3.05, 3.63) is 307 Å². The smallest absolute Gasteiger partial charge is 0.340 e. The molecule has 0 spiro atoms. The van der Waals surface area contributed by atoms with E-state index in [-0.39, 0.29) is 34.4 Å². The van der Waals surface area contributed by atoms with Crippen LogP contribution in [0.25, 0.3) is 0 Å². The summed E-state index contributed by atoms with van der Waals surface area (Å²) >= 11 is 0. The van der Waals surface area contributed by atoms with Crippen LogP contribution in [0.2, 0.25) is 0 Å². The summed E-state index contributed by atoms with van der Waals surface area (Å²) in [4.78, 5) is 58.9. The van der Waals surface area contributed by atoms with Crippen LogP contribution in [-0.2, 0) is 55.2 Å². The van der Waals surface area contributed by atoms with E-state index in [1.807, 2.05) is 4.72 Å². The number of anilines is 5. The lowest BCUT2D eigenvalue weighted by Gasteiger charge is -2.11. The average molecular weight is 1700 g/mol. The van der Waals surface area contributed by atoms with Gasteiger partial charge in [-0.1, -0.05) is 42.5 Å². The number of carboxylic acids is 2. The van der Waals surface area contributed by atoms with Gasteiger partial charge in [0, 0.05) is 22.3 Å². The first-order chi connectivity index (χ1) is 52.7. The molecule has 45 heteroatoms. The number of carboxylic acid groups (broad SMARTS) is 2. The van der Waals surface area contributed by atoms with Crippen molar-refractivity contribution in [2.75, 3.05) is 39.9 Å². The Hall–Kier alpha value is -12.8. The van der Waals surface area contributed by atoms with Crippen molar-refractivity contribution in [1.82, 2.24) is 0 Å². The number of halogens is 15. The Kier molecular flexibility index (Phi) is 33.4. The molecule has 0 bridgehead atoms. The van der Waals surface area contributed by atoms with Crippen LogP contribution in [0.4, 0.5) is 95.6 Å². The molecule has 26 nitrogen and oxygen atoms in total. The number of aliphatic hydroxyl groups excluding tert-OH is 1. The van der Waals surface area contributed by atoms with E-state index in [9.17, 15) is 129 Å². The molecule has 0 saturated carbocycles. The highest BCUT2D eigenvalue weighted by atomic mass is 35.7. The average Bonchev–Trinajstić information content (AvgIpc) is 0.801. The first-order valence-corrected chi connectivity index (χ1v) is 36.3. The Morgan fingerprint density at radius 2 is 0.743 bits per heavy atom. The molecule has 0 amide bonds. The van der Waals surface area contributed by atoms with Crippen molar-refractivity contribution < 1.29 is 149 Å². The number of nitrogens with zero attached hydrogens (tertiary/aromatic N) is 1. The number of aliphatic hydroxyl groups is 1. The number of hydrogen-bond acceptors (Lipinski definition) is 20. The van der Waals surface area contributed by atoms with Gasteiger partial charge in [-0.05, 0) is 133 Å². The van der Waals surface area contributed by atoms with Gasteiger partial charge in [-0.15, -0.1) is 0 Å². The molecule has 113 heavy (non-hydrogen) atoms. The highest BCUT2D eigenvalue weighted by molar-refractivity contribution is 8.13. The molecule has 0 fully saturated rings. The molecule has 0 atom stereocenters. The number of aldehydes is 1. The van der Waals surface area contributed by atoms with Crippen LogP contribution >= 0.6 is 10.7 Å². The van der Waals surface area contributed by atoms with Gasteiger partial charge in [0.2, 0.25) is 5.82 Å². The van der Waals surface area contributed by atoms with Crippen molar-refractivity contribution in [2.24, 2.45) is 0 Å². The predicted molar refractivity (Wildman–Crippen MR) is 373 cm³/mol. The highest BCUT2D eigenvalue weighted by Crippen LogP contribution is 2.29. The van der Waals surface area contributed by atoms with Crippen LogP contribution in [0.1, 0.15) is 57.4 Å². The Bertz CT molecular complexity index is 5700. The number of aromatic carboxylic acids is 2. The lowest BCUT2D eigenvalue weighted by Crippen LogP contribution is -2.17. The Labute approximate surface area is 632 Å². The second-order valence-corrected chi connectivity index (χ2v) is 28.4. The van der Waals surface area contributed by atoms with Gasteiger partial charge >= 0.3 is 29.6 Å². The number of nitrogens with one attached hydrogen (secondary N) is 3. The van der Waals surface area contributed by atoms with Gasteiger partial charge in [0.25, 0.3) is 39.1 Å². The van der Waals surface area contributed by atoms with Crippen LogP contribution < -0.4 is 25.6 Å². The van der Waals surface area contributed by atoms with E-state index < -0.39 is 215 Å². The monoisotopic (exact) mass is 1700 g/mol. The molecule has 10 rings (SSSR count). The van der Waals surface area contributed by atoms with Gasteiger partial charge in [-0.25, -0.2) is 110 Å². The fourth-order valence-electron chi connectivity index (χ4n) is 8.05. The molecule has 0 aliphatic carbocycles. The van der Waals surface area contributed by atoms with Crippen LogP contribution in [-0.4, -0.2) is 98.3 Å². The Morgan fingerprint density at radius 3 is 1.09 bits per heavy atom. The van der Waals surface area contributed by atoms with Gasteiger partial charge in [0.1, 0.15) is 71.7 Å². The number of benzene rings is 10. The SMILES string of the molecule is COC(=O)c1cccc(N)c1F.COC(=O)c1cccc(NS(=O)(=O)c2cc(F)ccc2F)c1F.Nc1cccc(C(=O)O)c1F.O=C(O)c1cccc([N+](=O)[O-])c1F.O=Cc1cccc(NS(=O)(=O)c2cc(F)ccc2F)c1F.O=S(=O)(Cl)c1cc(F)ccc1F.O=S(=O)(Nc1cccc(CO)c1F)c1cc(F)ccc1F. The summed E-state index contributed by atoms with van der Waals surface area (Å²) in [6, 6.07) is 29.1. The Morgan fingerprint density at radius 1 is 0.434 bits per heavy atom. The number of methoxy groups -OCH3 is 2. The lowest BCUT2D eigenvalue weighted by molar-refractivity contribution is -0.387. The first kappa shape index (κ1) is 92.6. The second kappa shape index (κ2) is 40.8. The number of nitro groups is 1. The van der Waals surface area contributed by atoms with Gasteiger partial charge in [-0.2, -0.15) is 4.39 Å². The second-order valence-electron chi connectivity index (χ2n) is 20.9. The number of sulfonamides is 3. The van der Waals surface area contributed by atoms with Crippen molar-refractivity contribution in [1.29, 1.82) is 0 Å². The molecular formula is C68H49ClF14N6O20S4. The molecule has 0 aromatic heterocycles. The summed E-state index contributed by atoms with van der Waals surface area (Å²) in [7, 11) is -10.8. The van der Waals surface area contributed by atoms with Crippen LogP contribution in [0.3, 0.4) is 0 Å². The van der Waals surface area contributed by atoms with Gasteiger partial charge in [-0.3, -0.25) is 29.1 Å². The molecule has 0 aliphatic heterocycles. The van der Waals surface area contributed by atoms with Gasteiger partial charge < -0.3 is 36.3 Å². The van der Waals surface area contributed by atoms with Crippen LogP contribution in [0.15, 0.2) is 202 Å². The number of nitrogens with two attached hydrogens (primary N) is 2. The topological polar surface area (TPSA) is 432 Å². The van der Waals surface area contributed by atoms with Crippen molar-refractivity contribution >= 4 is 114 Å². The summed E-state index contributed by atoms with van der Waals surface area (Å²) in [6.45, 7) is -0.629. The normalized spacial score (nSPS) is 10.7. The summed E-state index contributed by atoms with van der Waals surface area (Å²) in [5.74, 6) is -19.1. The molecule has 0 radical (unpaired) electrons. The zero-order valence-electron chi connectivity index (χ0n) is 56.3. The highest BCUT2D eigenvalue weighted by Gasteiger charge is 2.28. The summed E-state index contributed by atoms with van der Waals surface area (Å²) in [5.41, 5.74) is 5.46. The first-order valence-electron chi connectivity index (χ1n) is 29.6. The van der Waals surface area contributed by atoms with Gasteiger partial charge in [0.15, 0.2) is 35.4 Å². The van der Waals surface area contributed by atoms with Crippen LogP contribution in [0, 0.1) is 91.6 Å². The van der Waals surface area contributed by atoms with E-state index in [0.29, 0.717) is 48.5 Å². The number of ether oxygens (including phenoxy) is 2. The number of esters is 2. The molecule has 10 N–H and O–H groups in total. The largest absolute Gasteiger partial charge is 0.478 e. The van der Waals surface area contributed by atoms with E-state index in [1.165, 1.54) is 61.7 Å². The third-order valence-electron chi connectivity index (χ3n) is 13.3. The lowest BCUT2D eigenvalue weighted by atomic mass is 10.2. The Balaban J connectivity index is 0.000000283. The number of nitrogen functional groups attached to an aromatic ring is 2. The predicted octanol–water partition coefficient (Wildman–Crippen LogP) is 13.4. The maximum atomic E-state index is 14.1. The number of hydrogen-bond donors (Lipinski definition) is 8. The van der Waals surface area contributed by atoms with Crippen molar-refractivity contribution in [2.45, 2.75) is 26.2 Å². The minimum absolute atomic E-state index is 0.0575. The fraction of sp³-hybridized carbons (Fsp3) is 0.0441. The summed E-state index contributed by atoms with van der Waals surface area (Å²) < 4.78 is 292. The van der Waals surface area contributed by atoms with Crippen LogP contribution in [0.5, 0.6) is 0 Å². The molecule has 0 heterocycles. The standard InChI is InChI=1S/C14H10F3NO4S.C13H10F3NO3S.C13H8F3NO3S.C8H8FNO2.C7H4FNO4.C7H6FNO2.C6H3ClF2O2S/c1-22-14(19)9-3-2-4-11(13(9)17)18-23(20,21)12-7-8(15)5-6-10(12)16;2*14-9-4-5-10(15)12(6-9)21(19,20)17-11-3-1-2-8(7-18)13(11)16;1-12-8(11)5-3-2-4-6(10)7(5)9;8-6-4(7(10)11)2-1-3-5(6)9(12)13;8-6-4(7(10)11)2-1-3-5(6)9;7-12(10,11)6-3-4(8)1-2-5(6)9/h2-7,18H,1H3;1-6,17-18H,7H2;1-7,17H;2-4H,10H2,1H3;1-3H,(H,10,11);1-3H,9H2,(H,10,11);1-3H. The van der Waals surface area contributed by atoms with Gasteiger partial charge in [0.05, 0.1) is 76.4 Å². The molecule has 10 aromatic rings. The molecule has 0 aliphatic rings. The molecule has 10 aromatic carbocycles. The quantitative estimate of drug-likeness (QED) is 0.00798. The third-order valence-corrected chi connectivity index (χ3v) is 18.8.